The fraction of sp³-hybridized carbons (Fsp3) is 0.214. The molecule has 0 aliphatic carbocycles. The number of pyridine rings is 1. The maximum absolute atomic E-state index is 6.06. The largest absolute Gasteiger partial charge is 0.493 e. The van der Waals surface area contributed by atoms with Crippen LogP contribution in [0.5, 0.6) is 5.75 Å². The van der Waals surface area contributed by atoms with E-state index in [1.54, 1.807) is 12.4 Å². The molecule has 3 nitrogen and oxygen atoms in total. The molecule has 2 N–H and O–H groups in total. The van der Waals surface area contributed by atoms with Crippen LogP contribution >= 0.6 is 11.6 Å². The molecule has 1 heterocycles. The third-order valence-electron chi connectivity index (χ3n) is 2.68. The van der Waals surface area contributed by atoms with Gasteiger partial charge in [-0.05, 0) is 29.8 Å². The van der Waals surface area contributed by atoms with Crippen molar-refractivity contribution < 1.29 is 4.74 Å². The Kier molecular flexibility index (Phi) is 4.56. The smallest absolute Gasteiger partial charge is 0.125 e. The number of hydrogen-bond donors (Lipinski definition) is 1. The van der Waals surface area contributed by atoms with Gasteiger partial charge in [0.2, 0.25) is 0 Å². The maximum atomic E-state index is 6.06. The number of hydrogen-bond acceptors (Lipinski definition) is 3. The second kappa shape index (κ2) is 6.38. The summed E-state index contributed by atoms with van der Waals surface area (Å²) in [5.74, 6) is 0.763. The van der Waals surface area contributed by atoms with Gasteiger partial charge < -0.3 is 10.5 Å². The molecule has 0 fully saturated rings. The molecular weight excluding hydrogens is 248 g/mol. The molecule has 0 saturated heterocycles. The lowest BCUT2D eigenvalue weighted by Crippen LogP contribution is -2.06. The molecule has 0 bridgehead atoms. The average Bonchev–Trinajstić information content (AvgIpc) is 2.40. The van der Waals surface area contributed by atoms with E-state index in [9.17, 15) is 0 Å². The molecule has 2 aromatic rings. The molecule has 0 atom stereocenters. The van der Waals surface area contributed by atoms with Crippen LogP contribution < -0.4 is 10.5 Å². The summed E-state index contributed by atoms with van der Waals surface area (Å²) in [5.41, 5.74) is 7.71. The fourth-order valence-corrected chi connectivity index (χ4v) is 1.94. The van der Waals surface area contributed by atoms with Gasteiger partial charge in [0.1, 0.15) is 5.75 Å². The van der Waals surface area contributed by atoms with Crippen molar-refractivity contribution in [2.45, 2.75) is 13.0 Å². The summed E-state index contributed by atoms with van der Waals surface area (Å²) >= 11 is 6.06. The number of rotatable bonds is 5. The van der Waals surface area contributed by atoms with Gasteiger partial charge in [0.25, 0.3) is 0 Å². The quantitative estimate of drug-likeness (QED) is 0.901. The first-order valence-electron chi connectivity index (χ1n) is 5.80. The molecule has 94 valence electrons. The van der Waals surface area contributed by atoms with Crippen LogP contribution in [0, 0.1) is 0 Å². The van der Waals surface area contributed by atoms with E-state index in [0.29, 0.717) is 18.2 Å². The van der Waals surface area contributed by atoms with Crippen LogP contribution in [0.4, 0.5) is 0 Å². The second-order valence-corrected chi connectivity index (χ2v) is 4.28. The van der Waals surface area contributed by atoms with Gasteiger partial charge >= 0.3 is 0 Å². The Morgan fingerprint density at radius 2 is 1.94 bits per heavy atom. The van der Waals surface area contributed by atoms with Crippen molar-refractivity contribution in [2.75, 3.05) is 6.61 Å². The summed E-state index contributed by atoms with van der Waals surface area (Å²) in [6.07, 6.45) is 4.39. The van der Waals surface area contributed by atoms with E-state index in [1.165, 1.54) is 5.56 Å². The topological polar surface area (TPSA) is 48.1 Å². The Morgan fingerprint density at radius 1 is 1.17 bits per heavy atom. The molecular formula is C14H15ClN2O. The standard InChI is InChI=1S/C14H15ClN2O/c15-13-2-1-3-14(12(13)10-16)18-9-6-11-4-7-17-8-5-11/h1-5,7-8H,6,9-10,16H2. The number of benzene rings is 1. The van der Waals surface area contributed by atoms with Crippen LogP contribution in [-0.4, -0.2) is 11.6 Å². The van der Waals surface area contributed by atoms with Crippen molar-refractivity contribution >= 4 is 11.6 Å². The third kappa shape index (κ3) is 3.22. The summed E-state index contributed by atoms with van der Waals surface area (Å²) in [5, 5.41) is 0.652. The lowest BCUT2D eigenvalue weighted by atomic mass is 10.2. The van der Waals surface area contributed by atoms with Crippen LogP contribution in [-0.2, 0) is 13.0 Å². The van der Waals surface area contributed by atoms with Gasteiger partial charge in [-0.2, -0.15) is 0 Å². The molecule has 0 amide bonds. The van der Waals surface area contributed by atoms with E-state index in [0.717, 1.165) is 17.7 Å². The molecule has 1 aromatic heterocycles. The maximum Gasteiger partial charge on any atom is 0.125 e. The molecule has 4 heteroatoms. The molecule has 0 aliphatic heterocycles. The molecule has 0 saturated carbocycles. The normalized spacial score (nSPS) is 10.3. The molecule has 2 rings (SSSR count). The van der Waals surface area contributed by atoms with Gasteiger partial charge in [-0.25, -0.2) is 0 Å². The van der Waals surface area contributed by atoms with Crippen molar-refractivity contribution in [3.05, 3.63) is 58.9 Å². The number of nitrogens with two attached hydrogens (primary N) is 1. The minimum atomic E-state index is 0.379. The van der Waals surface area contributed by atoms with E-state index in [2.05, 4.69) is 4.98 Å². The summed E-state index contributed by atoms with van der Waals surface area (Å²) in [4.78, 5) is 3.98. The molecule has 0 spiro atoms. The van der Waals surface area contributed by atoms with Gasteiger partial charge in [-0.15, -0.1) is 0 Å². The van der Waals surface area contributed by atoms with Crippen molar-refractivity contribution in [3.8, 4) is 5.75 Å². The second-order valence-electron chi connectivity index (χ2n) is 3.87. The third-order valence-corrected chi connectivity index (χ3v) is 3.03. The molecule has 0 unspecified atom stereocenters. The van der Waals surface area contributed by atoms with E-state index in [-0.39, 0.29) is 0 Å². The van der Waals surface area contributed by atoms with Crippen molar-refractivity contribution in [1.82, 2.24) is 4.98 Å². The minimum Gasteiger partial charge on any atom is -0.493 e. The lowest BCUT2D eigenvalue weighted by molar-refractivity contribution is 0.318. The van der Waals surface area contributed by atoms with Crippen LogP contribution in [0.1, 0.15) is 11.1 Å². The first-order chi connectivity index (χ1) is 8.81. The molecule has 0 aliphatic rings. The predicted molar refractivity (Wildman–Crippen MR) is 72.8 cm³/mol. The van der Waals surface area contributed by atoms with Crippen LogP contribution in [0.15, 0.2) is 42.7 Å². The monoisotopic (exact) mass is 262 g/mol. The van der Waals surface area contributed by atoms with Crippen molar-refractivity contribution in [1.29, 1.82) is 0 Å². The Labute approximate surface area is 112 Å². The van der Waals surface area contributed by atoms with Gasteiger partial charge in [0.15, 0.2) is 0 Å². The highest BCUT2D eigenvalue weighted by atomic mass is 35.5. The van der Waals surface area contributed by atoms with Crippen LogP contribution in [0.25, 0.3) is 0 Å². The minimum absolute atomic E-state index is 0.379. The van der Waals surface area contributed by atoms with E-state index in [4.69, 9.17) is 22.1 Å². The number of ether oxygens (including phenoxy) is 1. The SMILES string of the molecule is NCc1c(Cl)cccc1OCCc1ccncc1. The van der Waals surface area contributed by atoms with Crippen molar-refractivity contribution in [3.63, 3.8) is 0 Å². The van der Waals surface area contributed by atoms with Crippen LogP contribution in [0.3, 0.4) is 0 Å². The summed E-state index contributed by atoms with van der Waals surface area (Å²) in [7, 11) is 0. The van der Waals surface area contributed by atoms with Crippen LogP contribution in [0.2, 0.25) is 5.02 Å². The molecule has 1 aromatic carbocycles. The van der Waals surface area contributed by atoms with Gasteiger partial charge in [0, 0.05) is 35.9 Å². The van der Waals surface area contributed by atoms with Crippen molar-refractivity contribution in [2.24, 2.45) is 5.73 Å². The van der Waals surface area contributed by atoms with Gasteiger partial charge in [0.05, 0.1) is 6.61 Å². The number of nitrogens with zero attached hydrogens (tertiary/aromatic N) is 1. The average molecular weight is 263 g/mol. The Morgan fingerprint density at radius 3 is 2.67 bits per heavy atom. The zero-order chi connectivity index (χ0) is 12.8. The predicted octanol–water partition coefficient (Wildman–Crippen LogP) is 2.82. The summed E-state index contributed by atoms with van der Waals surface area (Å²) in [6, 6.07) is 9.53. The number of aromatic nitrogens is 1. The molecule has 0 radical (unpaired) electrons. The Bertz CT molecular complexity index is 502. The first-order valence-corrected chi connectivity index (χ1v) is 6.18. The molecule has 18 heavy (non-hydrogen) atoms. The van der Waals surface area contributed by atoms with E-state index < -0.39 is 0 Å². The summed E-state index contributed by atoms with van der Waals surface area (Å²) < 4.78 is 5.73. The fourth-order valence-electron chi connectivity index (χ4n) is 1.70. The zero-order valence-corrected chi connectivity index (χ0v) is 10.7. The highest BCUT2D eigenvalue weighted by Crippen LogP contribution is 2.25. The Balaban J connectivity index is 1.96. The van der Waals surface area contributed by atoms with Gasteiger partial charge in [-0.3, -0.25) is 4.98 Å². The lowest BCUT2D eigenvalue weighted by Gasteiger charge is -2.11. The summed E-state index contributed by atoms with van der Waals surface area (Å²) in [6.45, 7) is 0.974. The van der Waals surface area contributed by atoms with E-state index in [1.807, 2.05) is 30.3 Å². The first kappa shape index (κ1) is 12.9. The zero-order valence-electron chi connectivity index (χ0n) is 9.97. The van der Waals surface area contributed by atoms with Gasteiger partial charge in [-0.1, -0.05) is 17.7 Å². The highest BCUT2D eigenvalue weighted by Gasteiger charge is 2.06. The Hall–Kier alpha value is -1.58. The number of halogens is 1. The van der Waals surface area contributed by atoms with E-state index >= 15 is 0 Å². The highest BCUT2D eigenvalue weighted by molar-refractivity contribution is 6.31.